The topological polar surface area (TPSA) is 74.7 Å². The number of oxime groups is 1. The Morgan fingerprint density at radius 1 is 1.40 bits per heavy atom. The summed E-state index contributed by atoms with van der Waals surface area (Å²) in [5.74, 6) is 1.06. The van der Waals surface area contributed by atoms with E-state index in [1.165, 1.54) is 36.9 Å². The number of hydrogen-bond acceptors (Lipinski definition) is 4. The Balaban J connectivity index is 2.10. The van der Waals surface area contributed by atoms with Crippen LogP contribution in [0.4, 0.5) is 5.82 Å². The number of aromatic nitrogens is 1. The maximum Gasteiger partial charge on any atom is 0.173 e. The van der Waals surface area contributed by atoms with Crippen molar-refractivity contribution < 1.29 is 5.21 Å². The van der Waals surface area contributed by atoms with Gasteiger partial charge in [-0.05, 0) is 57.1 Å². The minimum Gasteiger partial charge on any atom is -0.409 e. The highest BCUT2D eigenvalue weighted by Gasteiger charge is 2.27. The van der Waals surface area contributed by atoms with E-state index in [9.17, 15) is 0 Å². The average Bonchev–Trinajstić information content (AvgIpc) is 2.91. The van der Waals surface area contributed by atoms with Gasteiger partial charge >= 0.3 is 0 Å². The first-order chi connectivity index (χ1) is 9.70. The van der Waals surface area contributed by atoms with Crippen LogP contribution in [0.2, 0.25) is 0 Å². The van der Waals surface area contributed by atoms with Gasteiger partial charge in [0.05, 0.1) is 5.56 Å². The molecule has 2 heterocycles. The fraction of sp³-hybridized carbons (Fsp3) is 0.600. The zero-order valence-corrected chi connectivity index (χ0v) is 12.0. The van der Waals surface area contributed by atoms with Crippen molar-refractivity contribution in [2.75, 3.05) is 11.4 Å². The van der Waals surface area contributed by atoms with E-state index in [0.29, 0.717) is 6.04 Å². The van der Waals surface area contributed by atoms with Gasteiger partial charge in [-0.3, -0.25) is 0 Å². The van der Waals surface area contributed by atoms with Crippen molar-refractivity contribution in [2.24, 2.45) is 10.9 Å². The highest BCUT2D eigenvalue weighted by Crippen LogP contribution is 2.31. The molecule has 3 N–H and O–H groups in total. The molecule has 1 saturated heterocycles. The lowest BCUT2D eigenvalue weighted by Crippen LogP contribution is -2.31. The Bertz CT molecular complexity index is 541. The molecule has 5 nitrogen and oxygen atoms in total. The molecule has 108 valence electrons. The van der Waals surface area contributed by atoms with Gasteiger partial charge < -0.3 is 15.8 Å². The number of amidine groups is 1. The third kappa shape index (κ3) is 2.21. The standard InChI is InChI=1S/C15H22N4O/c1-10-5-4-8-19(10)15-12(14(16)18-20)9-11-6-2-3-7-13(11)17-15/h9-10,20H,2-8H2,1H3,(H2,16,18). The van der Waals surface area contributed by atoms with Gasteiger partial charge in [-0.1, -0.05) is 5.16 Å². The predicted molar refractivity (Wildman–Crippen MR) is 79.4 cm³/mol. The Kier molecular flexibility index (Phi) is 3.51. The first-order valence-electron chi connectivity index (χ1n) is 7.48. The molecule has 20 heavy (non-hydrogen) atoms. The molecule has 3 rings (SSSR count). The molecule has 1 aromatic heterocycles. The third-order valence-electron chi connectivity index (χ3n) is 4.49. The number of aryl methyl sites for hydroxylation is 2. The molecule has 5 heteroatoms. The lowest BCUT2D eigenvalue weighted by atomic mass is 9.94. The maximum absolute atomic E-state index is 9.04. The van der Waals surface area contributed by atoms with Crippen LogP contribution in [0.5, 0.6) is 0 Å². The van der Waals surface area contributed by atoms with Gasteiger partial charge in [0.2, 0.25) is 0 Å². The summed E-state index contributed by atoms with van der Waals surface area (Å²) >= 11 is 0. The summed E-state index contributed by atoms with van der Waals surface area (Å²) in [6.07, 6.45) is 6.84. The highest BCUT2D eigenvalue weighted by molar-refractivity contribution is 6.01. The van der Waals surface area contributed by atoms with Crippen molar-refractivity contribution in [1.82, 2.24) is 4.98 Å². The van der Waals surface area contributed by atoms with Gasteiger partial charge in [-0.15, -0.1) is 0 Å². The Morgan fingerprint density at radius 3 is 2.90 bits per heavy atom. The van der Waals surface area contributed by atoms with Crippen molar-refractivity contribution in [2.45, 2.75) is 51.5 Å². The molecule has 1 aliphatic carbocycles. The summed E-state index contributed by atoms with van der Waals surface area (Å²) in [6.45, 7) is 3.21. The van der Waals surface area contributed by atoms with E-state index >= 15 is 0 Å². The summed E-state index contributed by atoms with van der Waals surface area (Å²) in [7, 11) is 0. The molecule has 1 aliphatic heterocycles. The molecule has 0 amide bonds. The van der Waals surface area contributed by atoms with Gasteiger partial charge in [0, 0.05) is 18.3 Å². The second kappa shape index (κ2) is 5.31. The van der Waals surface area contributed by atoms with E-state index in [1.54, 1.807) is 0 Å². The van der Waals surface area contributed by atoms with Gasteiger partial charge in [-0.25, -0.2) is 4.98 Å². The van der Waals surface area contributed by atoms with Crippen LogP contribution in [-0.2, 0) is 12.8 Å². The molecular formula is C15H22N4O. The van der Waals surface area contributed by atoms with Crippen molar-refractivity contribution in [3.63, 3.8) is 0 Å². The largest absolute Gasteiger partial charge is 0.409 e. The van der Waals surface area contributed by atoms with E-state index in [-0.39, 0.29) is 5.84 Å². The van der Waals surface area contributed by atoms with Crippen molar-refractivity contribution in [3.8, 4) is 0 Å². The summed E-state index contributed by atoms with van der Waals surface area (Å²) in [6, 6.07) is 2.55. The smallest absolute Gasteiger partial charge is 0.173 e. The van der Waals surface area contributed by atoms with Crippen LogP contribution in [0.3, 0.4) is 0 Å². The maximum atomic E-state index is 9.04. The molecule has 0 spiro atoms. The minimum absolute atomic E-state index is 0.167. The fourth-order valence-corrected chi connectivity index (χ4v) is 3.33. The molecule has 0 bridgehead atoms. The number of rotatable bonds is 2. The molecule has 1 unspecified atom stereocenters. The van der Waals surface area contributed by atoms with Crippen LogP contribution < -0.4 is 10.6 Å². The quantitative estimate of drug-likeness (QED) is 0.374. The monoisotopic (exact) mass is 274 g/mol. The fourth-order valence-electron chi connectivity index (χ4n) is 3.33. The van der Waals surface area contributed by atoms with Gasteiger partial charge in [-0.2, -0.15) is 0 Å². The number of nitrogens with two attached hydrogens (primary N) is 1. The van der Waals surface area contributed by atoms with Crippen LogP contribution in [0.1, 0.15) is 49.4 Å². The lowest BCUT2D eigenvalue weighted by Gasteiger charge is -2.27. The van der Waals surface area contributed by atoms with Crippen LogP contribution in [0, 0.1) is 0 Å². The summed E-state index contributed by atoms with van der Waals surface area (Å²) in [5.41, 5.74) is 9.11. The second-order valence-corrected chi connectivity index (χ2v) is 5.84. The second-order valence-electron chi connectivity index (χ2n) is 5.84. The molecule has 1 aromatic rings. The Labute approximate surface area is 119 Å². The van der Waals surface area contributed by atoms with Gasteiger partial charge in [0.1, 0.15) is 5.82 Å². The lowest BCUT2D eigenvalue weighted by molar-refractivity contribution is 0.318. The SMILES string of the molecule is CC1CCCN1c1nc2c(cc1C(N)=NO)CCCC2. The van der Waals surface area contributed by atoms with E-state index in [0.717, 1.165) is 30.8 Å². The Hall–Kier alpha value is -1.78. The van der Waals surface area contributed by atoms with E-state index in [1.807, 2.05) is 0 Å². The molecule has 0 saturated carbocycles. The van der Waals surface area contributed by atoms with Crippen molar-refractivity contribution in [3.05, 3.63) is 22.9 Å². The third-order valence-corrected chi connectivity index (χ3v) is 4.49. The van der Waals surface area contributed by atoms with E-state index in [2.05, 4.69) is 23.0 Å². The zero-order chi connectivity index (χ0) is 14.1. The first kappa shape index (κ1) is 13.2. The molecule has 2 aliphatic rings. The molecule has 0 aromatic carbocycles. The summed E-state index contributed by atoms with van der Waals surface area (Å²) in [5, 5.41) is 12.2. The van der Waals surface area contributed by atoms with E-state index < -0.39 is 0 Å². The minimum atomic E-state index is 0.167. The molecular weight excluding hydrogens is 252 g/mol. The van der Waals surface area contributed by atoms with Gasteiger partial charge in [0.15, 0.2) is 5.84 Å². The normalized spacial score (nSPS) is 22.9. The average molecular weight is 274 g/mol. The van der Waals surface area contributed by atoms with Gasteiger partial charge in [0.25, 0.3) is 0 Å². The predicted octanol–water partition coefficient (Wildman–Crippen LogP) is 2.04. The van der Waals surface area contributed by atoms with Crippen LogP contribution >= 0.6 is 0 Å². The summed E-state index contributed by atoms with van der Waals surface area (Å²) < 4.78 is 0. The van der Waals surface area contributed by atoms with Crippen LogP contribution in [-0.4, -0.2) is 28.6 Å². The molecule has 1 fully saturated rings. The number of hydrogen-bond donors (Lipinski definition) is 2. The van der Waals surface area contributed by atoms with Crippen molar-refractivity contribution >= 4 is 11.7 Å². The van der Waals surface area contributed by atoms with Crippen LogP contribution in [0.25, 0.3) is 0 Å². The Morgan fingerprint density at radius 2 is 2.20 bits per heavy atom. The first-order valence-corrected chi connectivity index (χ1v) is 7.48. The summed E-state index contributed by atoms with van der Waals surface area (Å²) in [4.78, 5) is 7.16. The number of anilines is 1. The number of pyridine rings is 1. The molecule has 0 radical (unpaired) electrons. The number of fused-ring (bicyclic) bond motifs is 1. The highest BCUT2D eigenvalue weighted by atomic mass is 16.4. The molecule has 1 atom stereocenters. The zero-order valence-electron chi connectivity index (χ0n) is 12.0. The van der Waals surface area contributed by atoms with E-state index in [4.69, 9.17) is 15.9 Å². The number of nitrogens with zero attached hydrogens (tertiary/aromatic N) is 3. The van der Waals surface area contributed by atoms with Crippen LogP contribution in [0.15, 0.2) is 11.2 Å². The van der Waals surface area contributed by atoms with Crippen molar-refractivity contribution in [1.29, 1.82) is 0 Å².